The highest BCUT2D eigenvalue weighted by molar-refractivity contribution is 7.86. The van der Waals surface area contributed by atoms with E-state index in [1.54, 1.807) is 6.92 Å². The Balaban J connectivity index is 0.000000168. The van der Waals surface area contributed by atoms with E-state index in [2.05, 4.69) is 88.9 Å². The standard InChI is InChI=1S/C33H50N2O6S.C28H48N2O6S.C26H46N2O5S/c1-21(9-12-29(37)34-17-18-42(39,40)41)25-10-11-26-30-27(14-16-33(25,26)3)32(2)15-13-24(36)19-23(32)20-28(30)35-31(38)22-7-5-4-6-8-22;1-17(5-8-25(33)29-13-14-37(34,35)36)21-6-7-22-26-23(10-12-28(21,22)4)27(3)11-9-20(32)15-19(27)16-24(26)30-18(2)31;1-16(4-7-23(30)28-12-13-34(31,32)33)19-5-6-20-24-21(9-11-26(19,20)3)25(2)10-8-18(29)14-17(25)15-22(24)27/h4-8,21,23-28,30,36H,9-20H2,1-3H3,(H,34,37)(H,35,38)(H,39,40,41);17,19-24,26,32H,5-16H2,1-4H3,(H,29,33)(H,30,31)(H,34,35,36);16-22,24,29H,4-15,27H2,1-3H3,(H,28,30)(H,31,32,33)/t21-,23?,24-,25-,26+,27+,28+,30+,32+,33-;17-,19?,20-,21-,22+,23+,24+,26+,27+,28-;16-,17?,18-,19-,20+,21+,22+,24+,25+,26-/m111/s1. The lowest BCUT2D eigenvalue weighted by molar-refractivity contribution is -0.147. The maximum absolute atomic E-state index is 13.5. The summed E-state index contributed by atoms with van der Waals surface area (Å²) in [7, 11) is -12.2. The van der Waals surface area contributed by atoms with Crippen LogP contribution in [0.3, 0.4) is 0 Å². The van der Waals surface area contributed by atoms with Gasteiger partial charge in [-0.25, -0.2) is 0 Å². The zero-order valence-corrected chi connectivity index (χ0v) is 72.1. The molecule has 0 spiro atoms. The van der Waals surface area contributed by atoms with Gasteiger partial charge in [0, 0.05) is 69.5 Å². The van der Waals surface area contributed by atoms with E-state index in [0.29, 0.717) is 137 Å². The summed E-state index contributed by atoms with van der Waals surface area (Å²) in [6, 6.07) is 9.96. The van der Waals surface area contributed by atoms with E-state index in [-0.39, 0.29) is 113 Å². The topological polar surface area (TPSA) is 395 Å². The number of benzene rings is 1. The molecule has 13 N–H and O–H groups in total. The molecule has 642 valence electrons. The van der Waals surface area contributed by atoms with E-state index in [1.165, 1.54) is 32.1 Å². The highest BCUT2D eigenvalue weighted by Gasteiger charge is 2.67. The number of carbonyl (C=O) groups is 5. The molecule has 0 heterocycles. The summed E-state index contributed by atoms with van der Waals surface area (Å²) in [5, 5.41) is 46.1. The second kappa shape index (κ2) is 35.8. The SMILES string of the molecule is CC(=O)N[C@H]1CC2C[C@H](O)CC[C@]2(C)[C@H]2CC[C@]3(C)[C@@H]([C@H](C)CCC(=O)NCCS(=O)(=O)O)CC[C@H]3[C@H]12.C[C@H](CCC(=O)NCCS(=O)(=O)O)[C@H]1CC[C@H]2[C@@H]3[C@@H](N)CC4C[C@H](O)CC[C@]4(C)[C@H]3CC[C@]12C.C[C@H](CCC(=O)NCCS(=O)(=O)O)[C@H]1CC[C@H]2[C@@H]3[C@@H](NC(=O)c4ccccc4)CC4C[C@H](O)CC[C@]4(C)[C@H]3CC[C@]12C. The number of rotatable bonds is 24. The van der Waals surface area contributed by atoms with Crippen molar-refractivity contribution < 1.29 is 78.2 Å². The third-order valence-corrected chi connectivity index (χ3v) is 36.8. The van der Waals surface area contributed by atoms with Crippen LogP contribution in [0.25, 0.3) is 0 Å². The van der Waals surface area contributed by atoms with Crippen LogP contribution in [-0.4, -0.2) is 157 Å². The summed E-state index contributed by atoms with van der Waals surface area (Å²) in [5.74, 6) is 7.13. The molecule has 0 aromatic heterocycles. The fraction of sp³-hybridized carbons (Fsp3) is 0.874. The second-order valence-corrected chi connectivity index (χ2v) is 45.2. The Morgan fingerprint density at radius 3 is 1.05 bits per heavy atom. The highest BCUT2D eigenvalue weighted by atomic mass is 32.2. The van der Waals surface area contributed by atoms with E-state index < -0.39 is 47.6 Å². The van der Waals surface area contributed by atoms with Crippen molar-refractivity contribution >= 4 is 59.9 Å². The minimum atomic E-state index is -4.09. The van der Waals surface area contributed by atoms with Crippen molar-refractivity contribution in [3.8, 4) is 0 Å². The van der Waals surface area contributed by atoms with Gasteiger partial charge in [-0.15, -0.1) is 0 Å². The molecule has 0 bridgehead atoms. The number of hydrogen-bond acceptors (Lipinski definition) is 15. The van der Waals surface area contributed by atoms with E-state index in [9.17, 15) is 64.5 Å². The summed E-state index contributed by atoms with van der Waals surface area (Å²) in [5.41, 5.74) is 8.90. The van der Waals surface area contributed by atoms with Crippen LogP contribution in [0.4, 0.5) is 0 Å². The van der Waals surface area contributed by atoms with Crippen molar-refractivity contribution in [3.05, 3.63) is 35.9 Å². The van der Waals surface area contributed by atoms with E-state index in [1.807, 2.05) is 30.3 Å². The van der Waals surface area contributed by atoms with Gasteiger partial charge in [0.25, 0.3) is 36.3 Å². The van der Waals surface area contributed by atoms with Crippen LogP contribution in [0, 0.1) is 139 Å². The lowest BCUT2D eigenvalue weighted by atomic mass is 9.43. The van der Waals surface area contributed by atoms with Crippen LogP contribution in [0.2, 0.25) is 0 Å². The van der Waals surface area contributed by atoms with Crippen LogP contribution in [-0.2, 0) is 49.5 Å². The first-order valence-corrected chi connectivity index (χ1v) is 48.8. The summed E-state index contributed by atoms with van der Waals surface area (Å²) in [4.78, 5) is 62.6. The van der Waals surface area contributed by atoms with Gasteiger partial charge in [0.15, 0.2) is 0 Å². The Labute approximate surface area is 676 Å². The number of carbonyl (C=O) groups excluding carboxylic acids is 5. The van der Waals surface area contributed by atoms with E-state index in [0.717, 1.165) is 141 Å². The summed E-state index contributed by atoms with van der Waals surface area (Å²) >= 11 is 0. The number of nitrogens with one attached hydrogen (secondary N) is 5. The molecule has 3 unspecified atom stereocenters. The number of nitrogens with two attached hydrogens (primary N) is 1. The van der Waals surface area contributed by atoms with Crippen LogP contribution in [0.5, 0.6) is 0 Å². The number of hydrogen-bond donors (Lipinski definition) is 12. The lowest BCUT2D eigenvalue weighted by Crippen LogP contribution is -2.62. The van der Waals surface area contributed by atoms with Gasteiger partial charge in [-0.05, 0) is 325 Å². The average Bonchev–Trinajstić information content (AvgIpc) is 1.69. The fourth-order valence-corrected chi connectivity index (χ4v) is 30.1. The van der Waals surface area contributed by atoms with Gasteiger partial charge in [0.1, 0.15) is 0 Å². The average molecular weight is 1640 g/mol. The van der Waals surface area contributed by atoms with Gasteiger partial charge in [0.2, 0.25) is 23.6 Å². The normalized spacial score (nSPS) is 41.7. The molecule has 5 amide bonds. The molecular formula is C87H144N6O17S3. The van der Waals surface area contributed by atoms with E-state index >= 15 is 0 Å². The number of aliphatic hydroxyl groups excluding tert-OH is 3. The van der Waals surface area contributed by atoms with Crippen LogP contribution >= 0.6 is 0 Å². The molecule has 113 heavy (non-hydrogen) atoms. The first-order valence-electron chi connectivity index (χ1n) is 44.0. The Kier molecular flexibility index (Phi) is 28.5. The minimum Gasteiger partial charge on any atom is -0.393 e. The maximum Gasteiger partial charge on any atom is 0.266 e. The van der Waals surface area contributed by atoms with Crippen molar-refractivity contribution in [1.29, 1.82) is 0 Å². The summed E-state index contributed by atoms with van der Waals surface area (Å²) in [6.07, 6.45) is 28.3. The van der Waals surface area contributed by atoms with Crippen molar-refractivity contribution in [1.82, 2.24) is 26.6 Å². The molecule has 12 aliphatic carbocycles. The van der Waals surface area contributed by atoms with Gasteiger partial charge < -0.3 is 47.6 Å². The highest BCUT2D eigenvalue weighted by Crippen LogP contribution is 2.72. The van der Waals surface area contributed by atoms with Gasteiger partial charge in [-0.3, -0.25) is 37.6 Å². The van der Waals surface area contributed by atoms with Crippen LogP contribution in [0.1, 0.15) is 272 Å². The summed E-state index contributed by atoms with van der Waals surface area (Å²) in [6.45, 7) is 23.0. The number of amides is 5. The van der Waals surface area contributed by atoms with Crippen LogP contribution in [0.15, 0.2) is 30.3 Å². The molecule has 12 aliphatic rings. The largest absolute Gasteiger partial charge is 0.393 e. The number of fused-ring (bicyclic) bond motifs is 15. The monoisotopic (exact) mass is 1640 g/mol. The van der Waals surface area contributed by atoms with E-state index in [4.69, 9.17) is 19.4 Å². The van der Waals surface area contributed by atoms with Gasteiger partial charge in [-0.2, -0.15) is 25.3 Å². The molecule has 12 fully saturated rings. The Bertz CT molecular complexity index is 3840. The fourth-order valence-electron chi connectivity index (χ4n) is 29.0. The molecule has 30 atom stereocenters. The van der Waals surface area contributed by atoms with Crippen molar-refractivity contribution in [3.63, 3.8) is 0 Å². The predicted molar refractivity (Wildman–Crippen MR) is 437 cm³/mol. The number of aliphatic hydroxyl groups is 3. The first-order chi connectivity index (χ1) is 52.9. The molecule has 1 aromatic rings. The zero-order chi connectivity index (χ0) is 82.3. The molecule has 1 aromatic carbocycles. The Hall–Kier alpha value is -3.86. The zero-order valence-electron chi connectivity index (χ0n) is 69.7. The summed E-state index contributed by atoms with van der Waals surface area (Å²) < 4.78 is 92.0. The third-order valence-electron chi connectivity index (χ3n) is 34.7. The first kappa shape index (κ1) is 89.9. The predicted octanol–water partition coefficient (Wildman–Crippen LogP) is 11.7. The molecule has 0 aliphatic heterocycles. The van der Waals surface area contributed by atoms with Crippen molar-refractivity contribution in [2.45, 2.75) is 298 Å². The minimum absolute atomic E-state index is 0.00508. The molecule has 0 saturated heterocycles. The lowest BCUT2D eigenvalue weighted by Gasteiger charge is -2.63. The molecule has 26 heteroatoms. The molecule has 13 rings (SSSR count). The smallest absolute Gasteiger partial charge is 0.266 e. The second-order valence-electron chi connectivity index (χ2n) is 40.5. The molecular weight excluding hydrogens is 1500 g/mol. The Morgan fingerprint density at radius 2 is 0.717 bits per heavy atom. The van der Waals surface area contributed by atoms with Crippen molar-refractivity contribution in [2.75, 3.05) is 36.9 Å². The van der Waals surface area contributed by atoms with Gasteiger partial charge in [0.05, 0.1) is 35.6 Å². The van der Waals surface area contributed by atoms with Gasteiger partial charge in [-0.1, -0.05) is 80.5 Å². The maximum atomic E-state index is 13.5. The van der Waals surface area contributed by atoms with Gasteiger partial charge >= 0.3 is 0 Å². The van der Waals surface area contributed by atoms with Crippen LogP contribution < -0.4 is 32.3 Å². The molecule has 12 saturated carbocycles. The quantitative estimate of drug-likeness (QED) is 0.0428. The Morgan fingerprint density at radius 1 is 0.416 bits per heavy atom. The van der Waals surface area contributed by atoms with Crippen molar-refractivity contribution in [2.24, 2.45) is 145 Å². The third kappa shape index (κ3) is 19.9. The molecule has 23 nitrogen and oxygen atoms in total. The molecule has 0 radical (unpaired) electrons.